The second-order valence-corrected chi connectivity index (χ2v) is 9.83. The third-order valence-corrected chi connectivity index (χ3v) is 5.51. The average Bonchev–Trinajstić information content (AvgIpc) is 2.80. The first-order chi connectivity index (χ1) is 17.3. The summed E-state index contributed by atoms with van der Waals surface area (Å²) >= 11 is 6.10. The number of pyridine rings is 1. The van der Waals surface area contributed by atoms with Crippen LogP contribution in [0.5, 0.6) is 11.5 Å². The molecule has 2 aromatic rings. The van der Waals surface area contributed by atoms with Gasteiger partial charge in [-0.15, -0.1) is 0 Å². The van der Waals surface area contributed by atoms with Gasteiger partial charge in [0.2, 0.25) is 0 Å². The number of halogens is 4. The van der Waals surface area contributed by atoms with Gasteiger partial charge in [-0.2, -0.15) is 13.2 Å². The van der Waals surface area contributed by atoms with E-state index in [4.69, 9.17) is 35.3 Å². The molecule has 0 radical (unpaired) electrons. The van der Waals surface area contributed by atoms with Gasteiger partial charge in [-0.3, -0.25) is 9.36 Å². The largest absolute Gasteiger partial charge is 0.495 e. The number of alkyl halides is 3. The fourth-order valence-corrected chi connectivity index (χ4v) is 3.93. The monoisotopic (exact) mass is 547 g/mol. The fourth-order valence-electron chi connectivity index (χ4n) is 3.76. The quantitative estimate of drug-likeness (QED) is 0.439. The van der Waals surface area contributed by atoms with Crippen molar-refractivity contribution in [1.29, 1.82) is 0 Å². The number of benzene rings is 1. The molecular weight excluding hydrogens is 519 g/mol. The molecule has 1 aliphatic heterocycles. The highest BCUT2D eigenvalue weighted by Gasteiger charge is 2.33. The molecule has 1 fully saturated rings. The lowest BCUT2D eigenvalue weighted by molar-refractivity contribution is -0.162. The highest BCUT2D eigenvalue weighted by atomic mass is 35.5. The van der Waals surface area contributed by atoms with E-state index in [0.29, 0.717) is 13.2 Å². The van der Waals surface area contributed by atoms with Gasteiger partial charge in [0.25, 0.3) is 5.56 Å². The Morgan fingerprint density at radius 2 is 1.86 bits per heavy atom. The van der Waals surface area contributed by atoms with Crippen molar-refractivity contribution in [3.63, 3.8) is 0 Å². The number of hydrogen-bond donors (Lipinski definition) is 0. The number of ether oxygens (including phenoxy) is 5. The molecule has 2 unspecified atom stereocenters. The van der Waals surface area contributed by atoms with Crippen molar-refractivity contribution in [2.45, 2.75) is 51.1 Å². The molecule has 0 amide bonds. The van der Waals surface area contributed by atoms with E-state index in [-0.39, 0.29) is 40.7 Å². The van der Waals surface area contributed by atoms with Crippen LogP contribution in [0.1, 0.15) is 33.2 Å². The van der Waals surface area contributed by atoms with E-state index >= 15 is 0 Å². The van der Waals surface area contributed by atoms with Crippen LogP contribution in [-0.4, -0.2) is 62.0 Å². The van der Waals surface area contributed by atoms with Crippen LogP contribution in [0.3, 0.4) is 0 Å². The van der Waals surface area contributed by atoms with E-state index in [1.54, 1.807) is 20.8 Å². The van der Waals surface area contributed by atoms with E-state index < -0.39 is 42.1 Å². The molecule has 2 heterocycles. The number of aromatic nitrogens is 1. The maximum atomic E-state index is 13.3. The van der Waals surface area contributed by atoms with Crippen LogP contribution in [0.4, 0.5) is 13.2 Å². The average molecular weight is 548 g/mol. The van der Waals surface area contributed by atoms with Crippen molar-refractivity contribution < 1.29 is 41.7 Å². The molecule has 0 aliphatic carbocycles. The van der Waals surface area contributed by atoms with Gasteiger partial charge in [0.1, 0.15) is 23.1 Å². The lowest BCUT2D eigenvalue weighted by Gasteiger charge is -2.29. The first kappa shape index (κ1) is 28.8. The molecule has 1 aliphatic rings. The zero-order chi connectivity index (χ0) is 27.4. The van der Waals surface area contributed by atoms with Crippen LogP contribution >= 0.6 is 11.6 Å². The molecule has 1 saturated heterocycles. The number of rotatable bonds is 8. The van der Waals surface area contributed by atoms with Gasteiger partial charge in [0, 0.05) is 28.6 Å². The zero-order valence-electron chi connectivity index (χ0n) is 20.9. The Balaban J connectivity index is 2.07. The zero-order valence-corrected chi connectivity index (χ0v) is 21.6. The van der Waals surface area contributed by atoms with Crippen LogP contribution < -0.4 is 15.0 Å². The molecule has 12 heteroatoms. The van der Waals surface area contributed by atoms with Crippen LogP contribution in [-0.2, 0) is 19.0 Å². The summed E-state index contributed by atoms with van der Waals surface area (Å²) in [6, 6.07) is 4.09. The van der Waals surface area contributed by atoms with Gasteiger partial charge < -0.3 is 23.7 Å². The highest BCUT2D eigenvalue weighted by molar-refractivity contribution is 6.31. The smallest absolute Gasteiger partial charge is 0.422 e. The molecule has 1 aromatic heterocycles. The van der Waals surface area contributed by atoms with Crippen LogP contribution in [0.15, 0.2) is 35.3 Å². The minimum atomic E-state index is -4.57. The number of carbonyl (C=O) groups excluding carboxylic acids is 1. The summed E-state index contributed by atoms with van der Waals surface area (Å²) in [5.41, 5.74) is -1.18. The van der Waals surface area contributed by atoms with Crippen molar-refractivity contribution in [3.8, 4) is 22.6 Å². The summed E-state index contributed by atoms with van der Waals surface area (Å²) in [5.74, 6) is -0.697. The summed E-state index contributed by atoms with van der Waals surface area (Å²) in [6.45, 7) is 4.59. The molecule has 1 aromatic carbocycles. The summed E-state index contributed by atoms with van der Waals surface area (Å²) in [4.78, 5) is 26.5. The maximum absolute atomic E-state index is 13.3. The molecule has 204 valence electrons. The van der Waals surface area contributed by atoms with Crippen molar-refractivity contribution in [1.82, 2.24) is 4.57 Å². The Hall–Kier alpha value is -2.76. The first-order valence-corrected chi connectivity index (χ1v) is 11.9. The summed E-state index contributed by atoms with van der Waals surface area (Å²) in [5, 5.41) is 0.210. The fraction of sp³-hybridized carbons (Fsp3) is 0.520. The van der Waals surface area contributed by atoms with Crippen molar-refractivity contribution >= 4 is 17.6 Å². The number of hydrogen-bond acceptors (Lipinski definition) is 7. The van der Waals surface area contributed by atoms with Crippen molar-refractivity contribution in [3.05, 3.63) is 45.8 Å². The molecule has 0 bridgehead atoms. The van der Waals surface area contributed by atoms with Gasteiger partial charge in [0.15, 0.2) is 6.61 Å². The predicted molar refractivity (Wildman–Crippen MR) is 129 cm³/mol. The third kappa shape index (κ3) is 8.11. The number of nitrogens with zero attached hydrogens (tertiary/aromatic N) is 1. The van der Waals surface area contributed by atoms with Crippen LogP contribution in [0.2, 0.25) is 5.02 Å². The lowest BCUT2D eigenvalue weighted by atomic mass is 10.0. The number of esters is 1. The SMILES string of the molecule is COc1cn(C(CC2COCCO2)C(=O)OC(C)(C)C)c(=O)cc1-c1cc(Cl)ccc1OCC(F)(F)F. The van der Waals surface area contributed by atoms with Crippen molar-refractivity contribution in [2.24, 2.45) is 0 Å². The molecule has 0 N–H and O–H groups in total. The third-order valence-electron chi connectivity index (χ3n) is 5.27. The van der Waals surface area contributed by atoms with Crippen molar-refractivity contribution in [2.75, 3.05) is 33.5 Å². The topological polar surface area (TPSA) is 85.2 Å². The molecule has 37 heavy (non-hydrogen) atoms. The molecular formula is C25H29ClF3NO7. The summed E-state index contributed by atoms with van der Waals surface area (Å²) in [6.07, 6.45) is -3.63. The minimum absolute atomic E-state index is 0.0917. The lowest BCUT2D eigenvalue weighted by Crippen LogP contribution is -2.39. The Labute approximate surface area is 217 Å². The number of carbonyl (C=O) groups is 1. The van der Waals surface area contributed by atoms with Gasteiger partial charge in [-0.1, -0.05) is 11.6 Å². The Morgan fingerprint density at radius 1 is 1.16 bits per heavy atom. The molecule has 0 saturated carbocycles. The van der Waals surface area contributed by atoms with E-state index in [0.717, 1.165) is 10.6 Å². The van der Waals surface area contributed by atoms with Crippen LogP contribution in [0, 0.1) is 0 Å². The van der Waals surface area contributed by atoms with E-state index in [1.165, 1.54) is 31.5 Å². The second kappa shape index (κ2) is 11.7. The maximum Gasteiger partial charge on any atom is 0.422 e. The molecule has 0 spiro atoms. The summed E-state index contributed by atoms with van der Waals surface area (Å²) in [7, 11) is 1.33. The van der Waals surface area contributed by atoms with Gasteiger partial charge in [0.05, 0.1) is 39.2 Å². The van der Waals surface area contributed by atoms with Gasteiger partial charge in [-0.25, -0.2) is 4.79 Å². The van der Waals surface area contributed by atoms with E-state index in [2.05, 4.69) is 0 Å². The van der Waals surface area contributed by atoms with Gasteiger partial charge >= 0.3 is 12.1 Å². The Kier molecular flexibility index (Phi) is 9.14. The highest BCUT2D eigenvalue weighted by Crippen LogP contribution is 2.38. The standard InChI is InChI=1S/C25H29ClF3NO7/c1-24(2,3)37-23(32)19(10-16-13-34-7-8-35-16)30-12-21(33-4)18(11-22(30)31)17-9-15(26)5-6-20(17)36-14-25(27,28)29/h5-6,9,11-12,16,19H,7-8,10,13-14H2,1-4H3. The Morgan fingerprint density at radius 3 is 2.46 bits per heavy atom. The number of methoxy groups -OCH3 is 1. The second-order valence-electron chi connectivity index (χ2n) is 9.40. The van der Waals surface area contributed by atoms with E-state index in [9.17, 15) is 22.8 Å². The van der Waals surface area contributed by atoms with Gasteiger partial charge in [-0.05, 0) is 39.0 Å². The molecule has 8 nitrogen and oxygen atoms in total. The summed E-state index contributed by atoms with van der Waals surface area (Å²) < 4.78 is 66.7. The normalized spacial score (nSPS) is 17.2. The van der Waals surface area contributed by atoms with E-state index in [1.807, 2.05) is 0 Å². The predicted octanol–water partition coefficient (Wildman–Crippen LogP) is 4.81. The first-order valence-electron chi connectivity index (χ1n) is 11.5. The van der Waals surface area contributed by atoms with Crippen LogP contribution in [0.25, 0.3) is 11.1 Å². The molecule has 2 atom stereocenters. The minimum Gasteiger partial charge on any atom is -0.495 e. The Bertz CT molecular complexity index is 1150. The molecule has 3 rings (SSSR count).